The van der Waals surface area contributed by atoms with Gasteiger partial charge in [-0.05, 0) is 50.1 Å². The first-order valence-electron chi connectivity index (χ1n) is 10.1. The molecule has 0 aliphatic heterocycles. The van der Waals surface area contributed by atoms with Crippen molar-refractivity contribution in [3.8, 4) is 11.3 Å². The number of carbonyl (C=O) groups is 1. The third-order valence-electron chi connectivity index (χ3n) is 5.37. The van der Waals surface area contributed by atoms with Gasteiger partial charge in [0.2, 0.25) is 0 Å². The van der Waals surface area contributed by atoms with Crippen LogP contribution in [-0.4, -0.2) is 38.3 Å². The number of H-pyrrole nitrogens is 1. The maximum Gasteiger partial charge on any atom is 0.490 e. The molecule has 1 unspecified atom stereocenters. The van der Waals surface area contributed by atoms with Gasteiger partial charge in [0.1, 0.15) is 5.69 Å². The lowest BCUT2D eigenvalue weighted by molar-refractivity contribution is -0.192. The number of alkyl halides is 3. The third-order valence-corrected chi connectivity index (χ3v) is 5.37. The Morgan fingerprint density at radius 1 is 1.21 bits per heavy atom. The Morgan fingerprint density at radius 3 is 2.42 bits per heavy atom. The monoisotopic (exact) mass is 460 g/mol. The second-order valence-electron chi connectivity index (χ2n) is 7.70. The lowest BCUT2D eigenvalue weighted by atomic mass is 10.1. The van der Waals surface area contributed by atoms with Gasteiger partial charge in [0, 0.05) is 35.2 Å². The van der Waals surface area contributed by atoms with E-state index < -0.39 is 12.1 Å². The number of aliphatic carboxylic acids is 1. The van der Waals surface area contributed by atoms with Crippen molar-refractivity contribution >= 4 is 27.9 Å². The summed E-state index contributed by atoms with van der Waals surface area (Å²) < 4.78 is 33.5. The van der Waals surface area contributed by atoms with E-state index in [0.29, 0.717) is 12.2 Å². The number of nitrogens with two attached hydrogens (primary N) is 1. The van der Waals surface area contributed by atoms with Crippen molar-refractivity contribution in [2.75, 3.05) is 6.54 Å². The molecule has 2 aromatic heterocycles. The van der Waals surface area contributed by atoms with Gasteiger partial charge in [-0.1, -0.05) is 18.2 Å². The molecule has 0 saturated carbocycles. The molecule has 1 atom stereocenters. The van der Waals surface area contributed by atoms with Crippen LogP contribution in [0.25, 0.3) is 33.2 Å². The van der Waals surface area contributed by atoms with Crippen LogP contribution in [-0.2, 0) is 4.79 Å². The molecule has 0 saturated heterocycles. The van der Waals surface area contributed by atoms with E-state index in [-0.39, 0.29) is 11.6 Å². The Balaban J connectivity index is 0.000000383. The molecular formula is C23H23F3N4O3. The predicted molar refractivity (Wildman–Crippen MR) is 120 cm³/mol. The highest BCUT2D eigenvalue weighted by Crippen LogP contribution is 2.28. The molecule has 4 aromatic rings. The summed E-state index contributed by atoms with van der Waals surface area (Å²) in [5, 5.41) is 8.12. The lowest BCUT2D eigenvalue weighted by Gasteiger charge is -2.18. The van der Waals surface area contributed by atoms with Gasteiger partial charge in [-0.2, -0.15) is 13.2 Å². The van der Waals surface area contributed by atoms with E-state index in [1.54, 1.807) is 4.57 Å². The zero-order valence-corrected chi connectivity index (χ0v) is 18.2. The van der Waals surface area contributed by atoms with Crippen LogP contribution in [0, 0.1) is 13.8 Å². The molecule has 0 bridgehead atoms. The Kier molecular flexibility index (Phi) is 6.59. The second-order valence-corrected chi connectivity index (χ2v) is 7.70. The summed E-state index contributed by atoms with van der Waals surface area (Å²) in [6.45, 7) is 6.46. The van der Waals surface area contributed by atoms with Crippen molar-refractivity contribution in [3.05, 3.63) is 64.1 Å². The van der Waals surface area contributed by atoms with Gasteiger partial charge in [-0.15, -0.1) is 0 Å². The molecule has 0 radical (unpaired) electrons. The summed E-state index contributed by atoms with van der Waals surface area (Å²) in [7, 11) is 0. The summed E-state index contributed by atoms with van der Waals surface area (Å²) in [5.41, 5.74) is 12.0. The minimum Gasteiger partial charge on any atom is -0.475 e. The molecule has 0 spiro atoms. The van der Waals surface area contributed by atoms with Crippen molar-refractivity contribution in [3.63, 3.8) is 0 Å². The summed E-state index contributed by atoms with van der Waals surface area (Å²) in [6.07, 6.45) is -3.22. The fourth-order valence-corrected chi connectivity index (χ4v) is 3.45. The number of benzene rings is 2. The Labute approximate surface area is 186 Å². The molecule has 33 heavy (non-hydrogen) atoms. The quantitative estimate of drug-likeness (QED) is 0.422. The van der Waals surface area contributed by atoms with Crippen molar-refractivity contribution in [1.29, 1.82) is 0 Å². The van der Waals surface area contributed by atoms with Gasteiger partial charge in [0.25, 0.3) is 5.56 Å². The van der Waals surface area contributed by atoms with Crippen LogP contribution in [0.5, 0.6) is 0 Å². The van der Waals surface area contributed by atoms with Crippen LogP contribution in [0.4, 0.5) is 13.2 Å². The van der Waals surface area contributed by atoms with Gasteiger partial charge in [0.15, 0.2) is 0 Å². The highest BCUT2D eigenvalue weighted by molar-refractivity contribution is 5.95. The first-order valence-corrected chi connectivity index (χ1v) is 10.1. The van der Waals surface area contributed by atoms with Gasteiger partial charge >= 0.3 is 12.1 Å². The van der Waals surface area contributed by atoms with E-state index >= 15 is 0 Å². The molecule has 0 aliphatic rings. The highest BCUT2D eigenvalue weighted by Gasteiger charge is 2.38. The first-order chi connectivity index (χ1) is 15.5. The highest BCUT2D eigenvalue weighted by atomic mass is 19.4. The van der Waals surface area contributed by atoms with E-state index in [1.165, 1.54) is 0 Å². The average molecular weight is 460 g/mol. The summed E-state index contributed by atoms with van der Waals surface area (Å²) in [5.74, 6) is -2.76. The molecular weight excluding hydrogens is 437 g/mol. The third kappa shape index (κ3) is 4.75. The van der Waals surface area contributed by atoms with Crippen LogP contribution in [0.15, 0.2) is 47.4 Å². The Morgan fingerprint density at radius 2 is 1.82 bits per heavy atom. The van der Waals surface area contributed by atoms with Crippen LogP contribution in [0.2, 0.25) is 0 Å². The van der Waals surface area contributed by atoms with E-state index in [4.69, 9.17) is 20.6 Å². The number of rotatable bonds is 3. The molecule has 4 rings (SSSR count). The summed E-state index contributed by atoms with van der Waals surface area (Å²) in [4.78, 5) is 30.2. The first kappa shape index (κ1) is 24.0. The van der Waals surface area contributed by atoms with E-state index in [9.17, 15) is 18.0 Å². The topological polar surface area (TPSA) is 114 Å². The number of nitrogens with one attached hydrogen (secondary N) is 1. The minimum atomic E-state index is -5.08. The maximum absolute atomic E-state index is 13.4. The van der Waals surface area contributed by atoms with E-state index in [1.807, 2.05) is 56.4 Å². The van der Waals surface area contributed by atoms with Gasteiger partial charge < -0.3 is 20.4 Å². The van der Waals surface area contributed by atoms with Crippen molar-refractivity contribution in [2.45, 2.75) is 33.0 Å². The molecule has 2 heterocycles. The Hall–Kier alpha value is -3.66. The molecule has 4 N–H and O–H groups in total. The van der Waals surface area contributed by atoms with Crippen molar-refractivity contribution < 1.29 is 23.1 Å². The average Bonchev–Trinajstić information content (AvgIpc) is 3.18. The molecule has 2 aromatic carbocycles. The fraction of sp³-hybridized carbons (Fsp3) is 0.261. The normalized spacial score (nSPS) is 12.5. The van der Waals surface area contributed by atoms with Crippen LogP contribution in [0.3, 0.4) is 0 Å². The summed E-state index contributed by atoms with van der Waals surface area (Å²) in [6, 6.07) is 11.9. The molecule has 0 fully saturated rings. The number of aryl methyl sites for hydroxylation is 2. The predicted octanol–water partition coefficient (Wildman–Crippen LogP) is 4.31. The smallest absolute Gasteiger partial charge is 0.475 e. The fourth-order valence-electron chi connectivity index (χ4n) is 3.45. The Bertz CT molecular complexity index is 1390. The number of carboxylic acid groups (broad SMARTS) is 1. The number of aromatic nitrogens is 3. The molecule has 10 heteroatoms. The number of para-hydroxylation sites is 1. The number of carboxylic acids is 1. The number of fused-ring (bicyclic) bond motifs is 2. The number of halogens is 3. The van der Waals surface area contributed by atoms with E-state index in [0.717, 1.165) is 38.6 Å². The number of hydrogen-bond acceptors (Lipinski definition) is 4. The van der Waals surface area contributed by atoms with Crippen molar-refractivity contribution in [1.82, 2.24) is 14.5 Å². The van der Waals surface area contributed by atoms with Crippen LogP contribution < -0.4 is 11.3 Å². The molecule has 7 nitrogen and oxygen atoms in total. The zero-order valence-electron chi connectivity index (χ0n) is 18.2. The second kappa shape index (κ2) is 9.07. The van der Waals surface area contributed by atoms with Gasteiger partial charge in [-0.25, -0.2) is 9.78 Å². The zero-order chi connectivity index (χ0) is 24.5. The number of aromatic amines is 1. The largest absolute Gasteiger partial charge is 0.490 e. The number of nitrogens with zero attached hydrogens (tertiary/aromatic N) is 2. The van der Waals surface area contributed by atoms with Crippen LogP contribution >= 0.6 is 0 Å². The van der Waals surface area contributed by atoms with Gasteiger partial charge in [-0.3, -0.25) is 4.79 Å². The number of hydrogen-bond donors (Lipinski definition) is 3. The molecule has 174 valence electrons. The minimum absolute atomic E-state index is 0.108. The van der Waals surface area contributed by atoms with E-state index in [2.05, 4.69) is 11.9 Å². The maximum atomic E-state index is 13.4. The molecule has 0 amide bonds. The van der Waals surface area contributed by atoms with Gasteiger partial charge in [0.05, 0.1) is 11.0 Å². The molecule has 0 aliphatic carbocycles. The SMILES string of the molecule is Cc1cc2nc(-c3c[nH]c4ccccc34)c(=O)n(C(C)CN)c2cc1C.O=C(O)C(F)(F)F. The lowest BCUT2D eigenvalue weighted by Crippen LogP contribution is -2.30. The summed E-state index contributed by atoms with van der Waals surface area (Å²) >= 11 is 0. The van der Waals surface area contributed by atoms with Crippen LogP contribution in [0.1, 0.15) is 24.1 Å². The standard InChI is InChI=1S/C21H22N4O.C2HF3O2/c1-12-8-18-19(9-13(12)2)25(14(3)10-22)21(26)20(24-18)16-11-23-17-7-5-4-6-15(16)17;3-2(4,5)1(6)7/h4-9,11,14,23H,10,22H2,1-3H3;(H,6,7). The van der Waals surface area contributed by atoms with Crippen molar-refractivity contribution in [2.24, 2.45) is 5.73 Å².